The number of carbonyl (C=O) groups excluding carboxylic acids is 1. The minimum absolute atomic E-state index is 0.214. The van der Waals surface area contributed by atoms with Crippen molar-refractivity contribution in [1.29, 1.82) is 0 Å². The molecular formula is C28H24F4N8O4S. The lowest BCUT2D eigenvalue weighted by Crippen LogP contribution is -2.35. The van der Waals surface area contributed by atoms with E-state index in [1.54, 1.807) is 24.4 Å². The zero-order chi connectivity index (χ0) is 32.4. The van der Waals surface area contributed by atoms with Crippen LogP contribution in [0.1, 0.15) is 5.56 Å². The van der Waals surface area contributed by atoms with Gasteiger partial charge in [-0.2, -0.15) is 18.2 Å². The van der Waals surface area contributed by atoms with Crippen LogP contribution in [-0.4, -0.2) is 47.1 Å². The van der Waals surface area contributed by atoms with Crippen LogP contribution in [0.4, 0.5) is 52.3 Å². The van der Waals surface area contributed by atoms with Crippen molar-refractivity contribution < 1.29 is 35.6 Å². The third-order valence-corrected chi connectivity index (χ3v) is 7.45. The number of benzene rings is 3. The first-order valence-electron chi connectivity index (χ1n) is 13.0. The molecule has 0 radical (unpaired) electrons. The van der Waals surface area contributed by atoms with Crippen LogP contribution in [0.2, 0.25) is 0 Å². The van der Waals surface area contributed by atoms with Gasteiger partial charge in [0.25, 0.3) is 0 Å². The van der Waals surface area contributed by atoms with Gasteiger partial charge in [0, 0.05) is 37.4 Å². The molecule has 12 nitrogen and oxygen atoms in total. The van der Waals surface area contributed by atoms with Gasteiger partial charge >= 0.3 is 12.1 Å². The molecule has 0 aliphatic rings. The number of alkyl halides is 3. The SMILES string of the molecule is CN(c1ccc2c(c1)nc(Nc1ccc(F)cc1)n2C)c1ccnc(Nc2ccc(CS(=O)(=O)NOC(=O)C(F)(F)F)cc2)n1. The molecule has 5 rings (SSSR count). The Morgan fingerprint density at radius 1 is 0.956 bits per heavy atom. The number of aromatic nitrogens is 4. The molecule has 0 fully saturated rings. The fraction of sp³-hybridized carbons (Fsp3) is 0.143. The lowest BCUT2D eigenvalue weighted by molar-refractivity contribution is -0.203. The first-order chi connectivity index (χ1) is 21.3. The molecule has 17 heteroatoms. The van der Waals surface area contributed by atoms with E-state index in [4.69, 9.17) is 0 Å². The van der Waals surface area contributed by atoms with Gasteiger partial charge in [-0.05, 0) is 71.1 Å². The summed E-state index contributed by atoms with van der Waals surface area (Å²) in [6.45, 7) is 0. The molecule has 0 bridgehead atoms. The molecule has 45 heavy (non-hydrogen) atoms. The van der Waals surface area contributed by atoms with Crippen LogP contribution in [0, 0.1) is 5.82 Å². The van der Waals surface area contributed by atoms with E-state index in [1.807, 2.05) is 41.8 Å². The highest BCUT2D eigenvalue weighted by Crippen LogP contribution is 2.29. The Bertz CT molecular complexity index is 1950. The summed E-state index contributed by atoms with van der Waals surface area (Å²) in [7, 11) is -0.711. The van der Waals surface area contributed by atoms with Crippen molar-refractivity contribution >= 4 is 61.8 Å². The molecular weight excluding hydrogens is 620 g/mol. The van der Waals surface area contributed by atoms with Crippen molar-refractivity contribution in [1.82, 2.24) is 24.4 Å². The molecule has 0 aliphatic heterocycles. The largest absolute Gasteiger partial charge is 0.492 e. The summed E-state index contributed by atoms with van der Waals surface area (Å²) in [4.78, 5) is 30.8. The van der Waals surface area contributed by atoms with E-state index in [0.717, 1.165) is 16.7 Å². The van der Waals surface area contributed by atoms with Crippen molar-refractivity contribution in [3.05, 3.63) is 90.4 Å². The maximum absolute atomic E-state index is 13.3. The zero-order valence-electron chi connectivity index (χ0n) is 23.5. The summed E-state index contributed by atoms with van der Waals surface area (Å²) >= 11 is 0. The van der Waals surface area contributed by atoms with Crippen molar-refractivity contribution in [2.75, 3.05) is 22.6 Å². The van der Waals surface area contributed by atoms with Gasteiger partial charge in [-0.1, -0.05) is 12.1 Å². The Kier molecular flexibility index (Phi) is 8.56. The number of aryl methyl sites for hydroxylation is 1. The second kappa shape index (κ2) is 12.4. The lowest BCUT2D eigenvalue weighted by Gasteiger charge is -2.19. The first kappa shape index (κ1) is 31.1. The number of nitrogens with one attached hydrogen (secondary N) is 3. The predicted molar refractivity (Wildman–Crippen MR) is 158 cm³/mol. The second-order valence-corrected chi connectivity index (χ2v) is 11.3. The molecule has 0 saturated carbocycles. The molecule has 0 amide bonds. The van der Waals surface area contributed by atoms with Crippen LogP contribution in [0.5, 0.6) is 0 Å². The summed E-state index contributed by atoms with van der Waals surface area (Å²) in [6, 6.07) is 19.3. The average Bonchev–Trinajstić information content (AvgIpc) is 3.31. The van der Waals surface area contributed by atoms with Gasteiger partial charge in [-0.25, -0.2) is 27.6 Å². The minimum atomic E-state index is -5.34. The van der Waals surface area contributed by atoms with Crippen LogP contribution < -0.4 is 20.4 Å². The third kappa shape index (κ3) is 7.63. The molecule has 0 saturated heterocycles. The monoisotopic (exact) mass is 644 g/mol. The van der Waals surface area contributed by atoms with Crippen LogP contribution in [0.15, 0.2) is 79.0 Å². The molecule has 2 heterocycles. The Labute approximate surface area is 253 Å². The number of hydrogen-bond donors (Lipinski definition) is 3. The summed E-state index contributed by atoms with van der Waals surface area (Å²) < 4.78 is 75.8. The predicted octanol–water partition coefficient (Wildman–Crippen LogP) is 5.20. The number of carbonyl (C=O) groups is 1. The van der Waals surface area contributed by atoms with Crippen molar-refractivity contribution in [3.8, 4) is 0 Å². The number of nitrogens with zero attached hydrogens (tertiary/aromatic N) is 5. The fourth-order valence-corrected chi connectivity index (χ4v) is 5.01. The van der Waals surface area contributed by atoms with Crippen LogP contribution in [-0.2, 0) is 32.5 Å². The van der Waals surface area contributed by atoms with Gasteiger partial charge in [-0.3, -0.25) is 0 Å². The summed E-state index contributed by atoms with van der Waals surface area (Å²) in [5.41, 5.74) is 3.79. The molecule has 0 atom stereocenters. The first-order valence-corrected chi connectivity index (χ1v) is 14.6. The lowest BCUT2D eigenvalue weighted by atomic mass is 10.2. The van der Waals surface area contributed by atoms with Crippen molar-refractivity contribution in [2.24, 2.45) is 7.05 Å². The van der Waals surface area contributed by atoms with E-state index in [1.165, 1.54) is 41.3 Å². The molecule has 0 aliphatic carbocycles. The van der Waals surface area contributed by atoms with E-state index < -0.39 is 27.9 Å². The highest BCUT2D eigenvalue weighted by Gasteiger charge is 2.42. The van der Waals surface area contributed by atoms with Gasteiger partial charge in [0.2, 0.25) is 21.9 Å². The Morgan fingerprint density at radius 2 is 1.62 bits per heavy atom. The summed E-state index contributed by atoms with van der Waals surface area (Å²) in [5, 5.41) is 6.19. The van der Waals surface area contributed by atoms with Gasteiger partial charge in [-0.15, -0.1) is 0 Å². The average molecular weight is 645 g/mol. The highest BCUT2D eigenvalue weighted by atomic mass is 32.2. The number of halogens is 4. The second-order valence-electron chi connectivity index (χ2n) is 9.65. The van der Waals surface area contributed by atoms with E-state index in [-0.39, 0.29) is 17.3 Å². The maximum Gasteiger partial charge on any atom is 0.492 e. The van der Waals surface area contributed by atoms with E-state index in [2.05, 4.69) is 30.4 Å². The molecule has 0 spiro atoms. The number of hydrogen-bond acceptors (Lipinski definition) is 10. The van der Waals surface area contributed by atoms with Crippen molar-refractivity contribution in [3.63, 3.8) is 0 Å². The zero-order valence-corrected chi connectivity index (χ0v) is 24.3. The smallest absolute Gasteiger partial charge is 0.348 e. The van der Waals surface area contributed by atoms with Gasteiger partial charge in [0.15, 0.2) is 0 Å². The number of imidazole rings is 1. The van der Waals surface area contributed by atoms with Gasteiger partial charge in [0.05, 0.1) is 16.8 Å². The quantitative estimate of drug-likeness (QED) is 0.137. The Balaban J connectivity index is 1.25. The molecule has 0 unspecified atom stereocenters. The van der Waals surface area contributed by atoms with Crippen LogP contribution in [0.25, 0.3) is 11.0 Å². The van der Waals surface area contributed by atoms with E-state index >= 15 is 0 Å². The van der Waals surface area contributed by atoms with Crippen molar-refractivity contribution in [2.45, 2.75) is 11.9 Å². The Morgan fingerprint density at radius 3 is 2.31 bits per heavy atom. The highest BCUT2D eigenvalue weighted by molar-refractivity contribution is 7.88. The topological polar surface area (TPSA) is 143 Å². The number of fused-ring (bicyclic) bond motifs is 1. The van der Waals surface area contributed by atoms with E-state index in [9.17, 15) is 30.8 Å². The minimum Gasteiger partial charge on any atom is -0.348 e. The summed E-state index contributed by atoms with van der Waals surface area (Å²) in [6.07, 6.45) is -3.79. The fourth-order valence-electron chi connectivity index (χ4n) is 4.12. The molecule has 3 aromatic carbocycles. The normalized spacial score (nSPS) is 11.8. The standard InChI is InChI=1S/C28H24F4N8O4S/c1-39(21-11-12-23-22(15-21)36-27(40(23)2)35-20-9-5-18(29)6-10-20)24-13-14-33-26(37-24)34-19-7-3-17(4-8-19)16-45(42,43)38-44-25(41)28(30,31)32/h3-15,38H,16H2,1-2H3,(H,35,36)(H,33,34,37). The van der Waals surface area contributed by atoms with E-state index in [0.29, 0.717) is 23.1 Å². The maximum atomic E-state index is 13.3. The number of sulfonamides is 1. The molecule has 234 valence electrons. The molecule has 3 N–H and O–H groups in total. The molecule has 2 aromatic heterocycles. The van der Waals surface area contributed by atoms with Gasteiger partial charge in [0.1, 0.15) is 11.6 Å². The summed E-state index contributed by atoms with van der Waals surface area (Å²) in [5.74, 6) is -2.38. The third-order valence-electron chi connectivity index (χ3n) is 6.40. The van der Waals surface area contributed by atoms with Gasteiger partial charge < -0.3 is 24.9 Å². The number of rotatable bonds is 10. The Hall–Kier alpha value is -5.29. The van der Waals surface area contributed by atoms with Crippen LogP contribution >= 0.6 is 0 Å². The number of anilines is 6. The van der Waals surface area contributed by atoms with Crippen LogP contribution in [0.3, 0.4) is 0 Å². The molecule has 5 aromatic rings.